The van der Waals surface area contributed by atoms with Gasteiger partial charge in [-0.15, -0.1) is 0 Å². The SMILES string of the molecule is O=C(O)C(=O)N1CCc2cn[nH]c2C1. The number of aromatic amines is 1. The molecule has 14 heavy (non-hydrogen) atoms. The number of rotatable bonds is 0. The summed E-state index contributed by atoms with van der Waals surface area (Å²) >= 11 is 0. The number of amides is 1. The summed E-state index contributed by atoms with van der Waals surface area (Å²) in [7, 11) is 0. The topological polar surface area (TPSA) is 86.3 Å². The minimum Gasteiger partial charge on any atom is -0.474 e. The maximum absolute atomic E-state index is 11.1. The average Bonchev–Trinajstić information content (AvgIpc) is 2.62. The van der Waals surface area contributed by atoms with Crippen LogP contribution in [0.3, 0.4) is 0 Å². The van der Waals surface area contributed by atoms with Gasteiger partial charge in [0.25, 0.3) is 0 Å². The van der Waals surface area contributed by atoms with Crippen LogP contribution >= 0.6 is 0 Å². The maximum Gasteiger partial charge on any atom is 0.394 e. The van der Waals surface area contributed by atoms with E-state index in [9.17, 15) is 9.59 Å². The Morgan fingerprint density at radius 1 is 1.57 bits per heavy atom. The molecule has 1 aliphatic rings. The normalized spacial score (nSPS) is 15.0. The molecule has 2 heterocycles. The number of hydrogen-bond donors (Lipinski definition) is 2. The Hall–Kier alpha value is -1.85. The smallest absolute Gasteiger partial charge is 0.394 e. The minimum absolute atomic E-state index is 0.306. The number of aliphatic carboxylic acids is 1. The van der Waals surface area contributed by atoms with Crippen LogP contribution < -0.4 is 0 Å². The molecule has 1 aromatic heterocycles. The van der Waals surface area contributed by atoms with Gasteiger partial charge in [-0.3, -0.25) is 9.89 Å². The Balaban J connectivity index is 2.15. The Morgan fingerprint density at radius 3 is 3.07 bits per heavy atom. The van der Waals surface area contributed by atoms with Gasteiger partial charge in [-0.2, -0.15) is 5.10 Å². The van der Waals surface area contributed by atoms with Crippen molar-refractivity contribution >= 4 is 11.9 Å². The lowest BCUT2D eigenvalue weighted by molar-refractivity contribution is -0.156. The molecule has 0 unspecified atom stereocenters. The molecule has 0 bridgehead atoms. The van der Waals surface area contributed by atoms with Crippen molar-refractivity contribution in [1.29, 1.82) is 0 Å². The van der Waals surface area contributed by atoms with Gasteiger partial charge in [0.1, 0.15) is 0 Å². The van der Waals surface area contributed by atoms with E-state index in [1.807, 2.05) is 0 Å². The molecule has 6 heteroatoms. The first-order chi connectivity index (χ1) is 6.68. The van der Waals surface area contributed by atoms with Gasteiger partial charge >= 0.3 is 11.9 Å². The second-order valence-electron chi connectivity index (χ2n) is 3.16. The molecule has 0 radical (unpaired) electrons. The van der Waals surface area contributed by atoms with E-state index in [1.165, 1.54) is 4.90 Å². The number of carboxylic acids is 1. The number of aromatic nitrogens is 2. The van der Waals surface area contributed by atoms with E-state index in [2.05, 4.69) is 10.2 Å². The average molecular weight is 195 g/mol. The third-order valence-corrected chi connectivity index (χ3v) is 2.28. The first-order valence-electron chi connectivity index (χ1n) is 4.22. The summed E-state index contributed by atoms with van der Waals surface area (Å²) in [6.45, 7) is 0.748. The number of nitrogens with one attached hydrogen (secondary N) is 1. The molecule has 0 aromatic carbocycles. The predicted molar refractivity (Wildman–Crippen MR) is 45.3 cm³/mol. The van der Waals surface area contributed by atoms with Crippen LogP contribution in [-0.2, 0) is 22.6 Å². The lowest BCUT2D eigenvalue weighted by atomic mass is 10.1. The number of hydrogen-bond acceptors (Lipinski definition) is 3. The van der Waals surface area contributed by atoms with Crippen molar-refractivity contribution in [3.05, 3.63) is 17.5 Å². The molecule has 74 valence electrons. The van der Waals surface area contributed by atoms with Gasteiger partial charge in [-0.25, -0.2) is 4.79 Å². The largest absolute Gasteiger partial charge is 0.474 e. The van der Waals surface area contributed by atoms with Crippen LogP contribution in [0.4, 0.5) is 0 Å². The van der Waals surface area contributed by atoms with Gasteiger partial charge in [0.2, 0.25) is 0 Å². The van der Waals surface area contributed by atoms with Gasteiger partial charge in [-0.05, 0) is 12.0 Å². The molecular formula is C8H9N3O3. The van der Waals surface area contributed by atoms with Crippen molar-refractivity contribution in [2.24, 2.45) is 0 Å². The molecule has 6 nitrogen and oxygen atoms in total. The highest BCUT2D eigenvalue weighted by Gasteiger charge is 2.25. The fourth-order valence-corrected chi connectivity index (χ4v) is 1.52. The van der Waals surface area contributed by atoms with Gasteiger partial charge in [0, 0.05) is 6.54 Å². The van der Waals surface area contributed by atoms with Crippen LogP contribution in [-0.4, -0.2) is 38.6 Å². The summed E-state index contributed by atoms with van der Waals surface area (Å²) in [4.78, 5) is 22.8. The molecule has 1 aromatic rings. The predicted octanol–water partition coefficient (Wildman–Crippen LogP) is -0.621. The van der Waals surface area contributed by atoms with E-state index >= 15 is 0 Å². The van der Waals surface area contributed by atoms with Crippen LogP contribution in [0.5, 0.6) is 0 Å². The summed E-state index contributed by atoms with van der Waals surface area (Å²) < 4.78 is 0. The fourth-order valence-electron chi connectivity index (χ4n) is 1.52. The van der Waals surface area contributed by atoms with E-state index in [0.717, 1.165) is 11.3 Å². The lowest BCUT2D eigenvalue weighted by Crippen LogP contribution is -2.39. The Bertz CT molecular complexity index is 385. The molecule has 1 aliphatic heterocycles. The summed E-state index contributed by atoms with van der Waals surface area (Å²) in [5.74, 6) is -2.27. The van der Waals surface area contributed by atoms with Crippen LogP contribution in [0.1, 0.15) is 11.3 Å². The number of carboxylic acid groups (broad SMARTS) is 1. The highest BCUT2D eigenvalue weighted by atomic mass is 16.4. The molecule has 0 aliphatic carbocycles. The van der Waals surface area contributed by atoms with Crippen molar-refractivity contribution in [3.63, 3.8) is 0 Å². The maximum atomic E-state index is 11.1. The van der Waals surface area contributed by atoms with Gasteiger partial charge in [0.15, 0.2) is 0 Å². The quantitative estimate of drug-likeness (QED) is 0.540. The summed E-state index contributed by atoms with van der Waals surface area (Å²) in [5.41, 5.74) is 1.88. The first kappa shape index (κ1) is 8.74. The fraction of sp³-hybridized carbons (Fsp3) is 0.375. The molecule has 0 saturated carbocycles. The molecule has 2 N–H and O–H groups in total. The summed E-state index contributed by atoms with van der Waals surface area (Å²) in [6, 6.07) is 0. The van der Waals surface area contributed by atoms with Crippen LogP contribution in [0, 0.1) is 0 Å². The first-order valence-corrected chi connectivity index (χ1v) is 4.22. The minimum atomic E-state index is -1.41. The zero-order chi connectivity index (χ0) is 10.1. The van der Waals surface area contributed by atoms with Crippen molar-refractivity contribution in [1.82, 2.24) is 15.1 Å². The third-order valence-electron chi connectivity index (χ3n) is 2.28. The molecule has 0 saturated heterocycles. The van der Waals surface area contributed by atoms with Gasteiger partial charge in [0.05, 0.1) is 18.4 Å². The van der Waals surface area contributed by atoms with E-state index in [1.54, 1.807) is 6.20 Å². The van der Waals surface area contributed by atoms with Gasteiger partial charge in [-0.1, -0.05) is 0 Å². The second-order valence-corrected chi connectivity index (χ2v) is 3.16. The molecule has 1 amide bonds. The number of carbonyl (C=O) groups is 2. The molecule has 0 fully saturated rings. The van der Waals surface area contributed by atoms with Crippen molar-refractivity contribution in [2.75, 3.05) is 6.54 Å². The highest BCUT2D eigenvalue weighted by molar-refractivity contribution is 6.31. The molecule has 2 rings (SSSR count). The van der Waals surface area contributed by atoms with Crippen LogP contribution in [0.15, 0.2) is 6.20 Å². The van der Waals surface area contributed by atoms with Gasteiger partial charge < -0.3 is 10.0 Å². The Morgan fingerprint density at radius 2 is 2.36 bits per heavy atom. The number of H-pyrrole nitrogens is 1. The van der Waals surface area contributed by atoms with Crippen LogP contribution in [0.2, 0.25) is 0 Å². The monoisotopic (exact) mass is 195 g/mol. The number of nitrogens with zero attached hydrogens (tertiary/aromatic N) is 2. The Kier molecular flexibility index (Phi) is 1.95. The third kappa shape index (κ3) is 1.34. The Labute approximate surface area is 79.5 Å². The summed E-state index contributed by atoms with van der Waals surface area (Å²) in [6.07, 6.45) is 2.36. The number of fused-ring (bicyclic) bond motifs is 1. The van der Waals surface area contributed by atoms with E-state index in [4.69, 9.17) is 5.11 Å². The number of carbonyl (C=O) groups excluding carboxylic acids is 1. The van der Waals surface area contributed by atoms with E-state index < -0.39 is 11.9 Å². The lowest BCUT2D eigenvalue weighted by Gasteiger charge is -2.24. The summed E-state index contributed by atoms with van der Waals surface area (Å²) in [5, 5.41) is 15.1. The molecule has 0 spiro atoms. The second kappa shape index (κ2) is 3.13. The molecular weight excluding hydrogens is 186 g/mol. The highest BCUT2D eigenvalue weighted by Crippen LogP contribution is 2.15. The van der Waals surface area contributed by atoms with Crippen molar-refractivity contribution in [2.45, 2.75) is 13.0 Å². The standard InChI is InChI=1S/C8H9N3O3/c12-7(8(13)14)11-2-1-5-3-9-10-6(5)4-11/h3H,1-2,4H2,(H,9,10)(H,13,14). The zero-order valence-electron chi connectivity index (χ0n) is 7.36. The van der Waals surface area contributed by atoms with Crippen LogP contribution in [0.25, 0.3) is 0 Å². The van der Waals surface area contributed by atoms with Crippen molar-refractivity contribution in [3.8, 4) is 0 Å². The van der Waals surface area contributed by atoms with Crippen molar-refractivity contribution < 1.29 is 14.7 Å². The van der Waals surface area contributed by atoms with E-state index in [0.29, 0.717) is 19.5 Å². The van der Waals surface area contributed by atoms with E-state index in [-0.39, 0.29) is 0 Å². The molecule has 0 atom stereocenters. The zero-order valence-corrected chi connectivity index (χ0v) is 7.36.